The van der Waals surface area contributed by atoms with Gasteiger partial charge < -0.3 is 0 Å². The summed E-state index contributed by atoms with van der Waals surface area (Å²) >= 11 is 1.56. The van der Waals surface area contributed by atoms with Crippen molar-refractivity contribution in [3.8, 4) is 0 Å². The molecule has 0 aliphatic heterocycles. The van der Waals surface area contributed by atoms with Crippen LogP contribution in [0.2, 0.25) is 0 Å². The Morgan fingerprint density at radius 3 is 2.33 bits per heavy atom. The molecule has 0 aliphatic rings. The second kappa shape index (κ2) is 4.92. The molecule has 0 amide bonds. The number of thioether (sulfide) groups is 1. The van der Waals surface area contributed by atoms with Crippen LogP contribution < -0.4 is 0 Å². The van der Waals surface area contributed by atoms with E-state index in [0.29, 0.717) is 12.0 Å². The maximum atomic E-state index is 12.5. The van der Waals surface area contributed by atoms with Crippen LogP contribution in [0.4, 0.5) is 13.2 Å². The summed E-state index contributed by atoms with van der Waals surface area (Å²) < 4.78 is 37.6. The molecule has 0 atom stereocenters. The SMILES string of the molecule is CCSc1ccc(C(F)(F)F)c(CC)c1. The Balaban J connectivity index is 3.09. The number of aryl methyl sites for hydroxylation is 1. The zero-order chi connectivity index (χ0) is 11.5. The summed E-state index contributed by atoms with van der Waals surface area (Å²) in [7, 11) is 0. The predicted molar refractivity (Wildman–Crippen MR) is 57.2 cm³/mol. The second-order valence-corrected chi connectivity index (χ2v) is 4.44. The molecule has 0 radical (unpaired) electrons. The van der Waals surface area contributed by atoms with Gasteiger partial charge in [0, 0.05) is 4.90 Å². The molecule has 0 fully saturated rings. The van der Waals surface area contributed by atoms with Gasteiger partial charge in [-0.2, -0.15) is 13.2 Å². The fourth-order valence-electron chi connectivity index (χ4n) is 1.40. The smallest absolute Gasteiger partial charge is 0.166 e. The Morgan fingerprint density at radius 2 is 1.87 bits per heavy atom. The molecule has 0 aliphatic carbocycles. The molecule has 0 bridgehead atoms. The molecule has 0 nitrogen and oxygen atoms in total. The lowest BCUT2D eigenvalue weighted by molar-refractivity contribution is -0.138. The van der Waals surface area contributed by atoms with Crippen molar-refractivity contribution < 1.29 is 13.2 Å². The summed E-state index contributed by atoms with van der Waals surface area (Å²) in [4.78, 5) is 0.905. The summed E-state index contributed by atoms with van der Waals surface area (Å²) in [6.07, 6.45) is -3.83. The van der Waals surface area contributed by atoms with E-state index in [0.717, 1.165) is 10.6 Å². The summed E-state index contributed by atoms with van der Waals surface area (Å²) in [5.41, 5.74) is -0.133. The van der Waals surface area contributed by atoms with Gasteiger partial charge in [-0.05, 0) is 35.9 Å². The molecule has 0 spiro atoms. The Kier molecular flexibility index (Phi) is 4.08. The first-order valence-corrected chi connectivity index (χ1v) is 5.80. The van der Waals surface area contributed by atoms with Crippen molar-refractivity contribution in [2.45, 2.75) is 31.3 Å². The van der Waals surface area contributed by atoms with Gasteiger partial charge in [-0.3, -0.25) is 0 Å². The van der Waals surface area contributed by atoms with Crippen molar-refractivity contribution in [1.82, 2.24) is 0 Å². The fourth-order valence-corrected chi connectivity index (χ4v) is 2.12. The van der Waals surface area contributed by atoms with Crippen molar-refractivity contribution >= 4 is 11.8 Å². The summed E-state index contributed by atoms with van der Waals surface area (Å²) in [5.74, 6) is 0.870. The number of benzene rings is 1. The van der Waals surface area contributed by atoms with Crippen LogP contribution in [0.15, 0.2) is 23.1 Å². The van der Waals surface area contributed by atoms with Gasteiger partial charge in [-0.1, -0.05) is 13.8 Å². The summed E-state index contributed by atoms with van der Waals surface area (Å²) in [6, 6.07) is 4.35. The highest BCUT2D eigenvalue weighted by Gasteiger charge is 2.32. The van der Waals surface area contributed by atoms with E-state index in [1.165, 1.54) is 12.1 Å². The van der Waals surface area contributed by atoms with Crippen LogP contribution in [0, 0.1) is 0 Å². The minimum atomic E-state index is -4.24. The van der Waals surface area contributed by atoms with Gasteiger partial charge in [0.1, 0.15) is 0 Å². The van der Waals surface area contributed by atoms with Crippen LogP contribution >= 0.6 is 11.8 Å². The van der Waals surface area contributed by atoms with Crippen LogP contribution in [0.5, 0.6) is 0 Å². The van der Waals surface area contributed by atoms with E-state index in [9.17, 15) is 13.2 Å². The number of hydrogen-bond acceptors (Lipinski definition) is 1. The highest BCUT2D eigenvalue weighted by Crippen LogP contribution is 2.34. The molecular weight excluding hydrogens is 221 g/mol. The molecule has 1 aromatic rings. The minimum absolute atomic E-state index is 0.376. The Hall–Kier alpha value is -0.640. The molecule has 0 aromatic heterocycles. The number of rotatable bonds is 3. The quantitative estimate of drug-likeness (QED) is 0.699. The topological polar surface area (TPSA) is 0 Å². The van der Waals surface area contributed by atoms with Crippen LogP contribution in [-0.2, 0) is 12.6 Å². The lowest BCUT2D eigenvalue weighted by atomic mass is 10.1. The molecule has 15 heavy (non-hydrogen) atoms. The average Bonchev–Trinajstić information content (AvgIpc) is 2.16. The summed E-state index contributed by atoms with van der Waals surface area (Å²) in [5, 5.41) is 0. The maximum absolute atomic E-state index is 12.5. The minimum Gasteiger partial charge on any atom is -0.166 e. The molecular formula is C11H13F3S. The van der Waals surface area contributed by atoms with E-state index in [1.807, 2.05) is 6.92 Å². The van der Waals surface area contributed by atoms with Gasteiger partial charge in [0.15, 0.2) is 0 Å². The van der Waals surface area contributed by atoms with E-state index in [4.69, 9.17) is 0 Å². The van der Waals surface area contributed by atoms with Gasteiger partial charge in [-0.15, -0.1) is 11.8 Å². The van der Waals surface area contributed by atoms with Crippen molar-refractivity contribution in [1.29, 1.82) is 0 Å². The van der Waals surface area contributed by atoms with Crippen molar-refractivity contribution in [2.24, 2.45) is 0 Å². The number of hydrogen-bond donors (Lipinski definition) is 0. The lowest BCUT2D eigenvalue weighted by Crippen LogP contribution is -2.08. The Morgan fingerprint density at radius 1 is 1.20 bits per heavy atom. The van der Waals surface area contributed by atoms with Crippen LogP contribution in [0.25, 0.3) is 0 Å². The van der Waals surface area contributed by atoms with Gasteiger partial charge in [0.25, 0.3) is 0 Å². The molecule has 0 heterocycles. The molecule has 0 saturated carbocycles. The Labute approximate surface area is 91.9 Å². The van der Waals surface area contributed by atoms with Crippen molar-refractivity contribution in [2.75, 3.05) is 5.75 Å². The third-order valence-electron chi connectivity index (χ3n) is 2.07. The van der Waals surface area contributed by atoms with E-state index in [2.05, 4.69) is 0 Å². The first-order chi connectivity index (χ1) is 6.99. The van der Waals surface area contributed by atoms with Gasteiger partial charge >= 0.3 is 6.18 Å². The summed E-state index contributed by atoms with van der Waals surface area (Å²) in [6.45, 7) is 3.72. The molecule has 0 N–H and O–H groups in total. The highest BCUT2D eigenvalue weighted by molar-refractivity contribution is 7.99. The van der Waals surface area contributed by atoms with Gasteiger partial charge in [0.05, 0.1) is 5.56 Å². The third kappa shape index (κ3) is 3.16. The first kappa shape index (κ1) is 12.4. The number of alkyl halides is 3. The molecule has 0 unspecified atom stereocenters. The largest absolute Gasteiger partial charge is 0.416 e. The third-order valence-corrected chi connectivity index (χ3v) is 2.95. The molecule has 84 valence electrons. The zero-order valence-electron chi connectivity index (χ0n) is 8.69. The molecule has 4 heteroatoms. The van der Waals surface area contributed by atoms with E-state index >= 15 is 0 Å². The van der Waals surface area contributed by atoms with E-state index in [-0.39, 0.29) is 0 Å². The second-order valence-electron chi connectivity index (χ2n) is 3.10. The lowest BCUT2D eigenvalue weighted by Gasteiger charge is -2.12. The molecule has 1 aromatic carbocycles. The van der Waals surface area contributed by atoms with Crippen LogP contribution in [0.3, 0.4) is 0 Å². The van der Waals surface area contributed by atoms with Crippen LogP contribution in [-0.4, -0.2) is 5.75 Å². The molecule has 1 rings (SSSR count). The zero-order valence-corrected chi connectivity index (χ0v) is 9.50. The predicted octanol–water partition coefficient (Wildman–Crippen LogP) is 4.38. The standard InChI is InChI=1S/C11H13F3S/c1-3-8-7-9(15-4-2)5-6-10(8)11(12,13)14/h5-7H,3-4H2,1-2H3. The molecule has 0 saturated heterocycles. The van der Waals surface area contributed by atoms with Crippen molar-refractivity contribution in [3.63, 3.8) is 0 Å². The van der Waals surface area contributed by atoms with Crippen LogP contribution in [0.1, 0.15) is 25.0 Å². The average molecular weight is 234 g/mol. The Bertz CT molecular complexity index is 331. The van der Waals surface area contributed by atoms with E-state index < -0.39 is 11.7 Å². The maximum Gasteiger partial charge on any atom is 0.416 e. The van der Waals surface area contributed by atoms with Gasteiger partial charge in [0.2, 0.25) is 0 Å². The highest BCUT2D eigenvalue weighted by atomic mass is 32.2. The van der Waals surface area contributed by atoms with Gasteiger partial charge in [-0.25, -0.2) is 0 Å². The van der Waals surface area contributed by atoms with E-state index in [1.54, 1.807) is 24.8 Å². The normalized spacial score (nSPS) is 11.8. The van der Waals surface area contributed by atoms with Crippen molar-refractivity contribution in [3.05, 3.63) is 29.3 Å². The first-order valence-electron chi connectivity index (χ1n) is 4.82. The monoisotopic (exact) mass is 234 g/mol. The number of halogens is 3. The fraction of sp³-hybridized carbons (Fsp3) is 0.455.